The van der Waals surface area contributed by atoms with Crippen LogP contribution in [0.1, 0.15) is 22.3 Å². The Kier molecular flexibility index (Phi) is 4.58. The molecule has 0 heterocycles. The molecule has 0 saturated carbocycles. The number of hydrogen-bond donors (Lipinski definition) is 2. The number of benzene rings is 2. The molecule has 4 heteroatoms. The molecule has 2 aromatic carbocycles. The molecule has 2 aromatic rings. The highest BCUT2D eigenvalue weighted by molar-refractivity contribution is 7.80. The summed E-state index contributed by atoms with van der Waals surface area (Å²) in [7, 11) is 0. The van der Waals surface area contributed by atoms with Crippen LogP contribution in [0.5, 0.6) is 0 Å². The second-order valence-corrected chi connectivity index (χ2v) is 5.72. The van der Waals surface area contributed by atoms with Gasteiger partial charge in [0.15, 0.2) is 5.11 Å². The lowest BCUT2D eigenvalue weighted by Gasteiger charge is -2.16. The number of anilines is 2. The predicted octanol–water partition coefficient (Wildman–Crippen LogP) is 4.87. The molecule has 2 nitrogen and oxygen atoms in total. The predicted molar refractivity (Wildman–Crippen MR) is 91.6 cm³/mol. The second kappa shape index (κ2) is 6.22. The Hall–Kier alpha value is -1.94. The molecule has 2 rings (SSSR count). The van der Waals surface area contributed by atoms with Gasteiger partial charge in [0.05, 0.1) is 0 Å². The number of halogens is 1. The number of thiocarbonyl (C=S) groups is 1. The minimum absolute atomic E-state index is 0.248. The molecule has 0 aliphatic carbocycles. The van der Waals surface area contributed by atoms with Crippen LogP contribution in [0.3, 0.4) is 0 Å². The van der Waals surface area contributed by atoms with E-state index in [1.54, 1.807) is 6.07 Å². The molecule has 0 amide bonds. The Morgan fingerprint density at radius 3 is 2.10 bits per heavy atom. The van der Waals surface area contributed by atoms with E-state index in [0.717, 1.165) is 28.1 Å². The van der Waals surface area contributed by atoms with Gasteiger partial charge in [-0.15, -0.1) is 0 Å². The van der Waals surface area contributed by atoms with Crippen molar-refractivity contribution in [2.45, 2.75) is 27.7 Å². The lowest BCUT2D eigenvalue weighted by atomic mass is 10.1. The highest BCUT2D eigenvalue weighted by Crippen LogP contribution is 2.23. The summed E-state index contributed by atoms with van der Waals surface area (Å²) in [6.45, 7) is 8.01. The van der Waals surface area contributed by atoms with Crippen LogP contribution in [0.25, 0.3) is 0 Å². The number of nitrogens with one attached hydrogen (secondary N) is 2. The highest BCUT2D eigenvalue weighted by atomic mass is 32.1. The molecule has 0 radical (unpaired) electrons. The third-order valence-corrected chi connectivity index (χ3v) is 3.56. The topological polar surface area (TPSA) is 24.1 Å². The van der Waals surface area contributed by atoms with Gasteiger partial charge < -0.3 is 10.6 Å². The molecule has 21 heavy (non-hydrogen) atoms. The molecule has 110 valence electrons. The van der Waals surface area contributed by atoms with E-state index in [4.69, 9.17) is 12.2 Å². The molecular weight excluding hydrogens is 283 g/mol. The average Bonchev–Trinajstić information content (AvgIpc) is 2.37. The molecule has 0 atom stereocenters. The van der Waals surface area contributed by atoms with Crippen molar-refractivity contribution in [3.8, 4) is 0 Å². The molecule has 0 aromatic heterocycles. The Labute approximate surface area is 130 Å². The van der Waals surface area contributed by atoms with Crippen LogP contribution >= 0.6 is 12.2 Å². The molecule has 0 bridgehead atoms. The Morgan fingerprint density at radius 1 is 0.905 bits per heavy atom. The molecule has 0 fully saturated rings. The first-order valence-corrected chi connectivity index (χ1v) is 7.19. The summed E-state index contributed by atoms with van der Waals surface area (Å²) in [6.07, 6.45) is 0. The lowest BCUT2D eigenvalue weighted by Crippen LogP contribution is -2.21. The Morgan fingerprint density at radius 2 is 1.52 bits per heavy atom. The second-order valence-electron chi connectivity index (χ2n) is 5.31. The molecule has 0 aliphatic heterocycles. The van der Waals surface area contributed by atoms with Gasteiger partial charge in [-0.1, -0.05) is 17.7 Å². The van der Waals surface area contributed by atoms with Gasteiger partial charge in [-0.3, -0.25) is 0 Å². The van der Waals surface area contributed by atoms with Gasteiger partial charge in [0.2, 0.25) is 0 Å². The molecule has 0 saturated heterocycles. The van der Waals surface area contributed by atoms with Gasteiger partial charge in [0.25, 0.3) is 0 Å². The van der Waals surface area contributed by atoms with E-state index in [1.165, 1.54) is 17.7 Å². The minimum atomic E-state index is -0.248. The van der Waals surface area contributed by atoms with Crippen molar-refractivity contribution in [1.29, 1.82) is 0 Å². The smallest absolute Gasteiger partial charge is 0.175 e. The molecule has 0 unspecified atom stereocenters. The zero-order valence-corrected chi connectivity index (χ0v) is 13.5. The fourth-order valence-electron chi connectivity index (χ4n) is 2.41. The Balaban J connectivity index is 2.16. The highest BCUT2D eigenvalue weighted by Gasteiger charge is 2.07. The van der Waals surface area contributed by atoms with Crippen LogP contribution in [-0.4, -0.2) is 5.11 Å². The maximum Gasteiger partial charge on any atom is 0.175 e. The van der Waals surface area contributed by atoms with Gasteiger partial charge in [0, 0.05) is 11.4 Å². The Bertz CT molecular complexity index is 672. The SMILES string of the molecule is Cc1cc(C)c(NC(=S)Nc2ccc(F)cc2C)c(C)c1. The summed E-state index contributed by atoms with van der Waals surface area (Å²) in [5.74, 6) is -0.248. The maximum atomic E-state index is 13.1. The third-order valence-electron chi connectivity index (χ3n) is 3.35. The van der Waals surface area contributed by atoms with Gasteiger partial charge in [0.1, 0.15) is 5.82 Å². The van der Waals surface area contributed by atoms with Gasteiger partial charge in [-0.05, 0) is 74.8 Å². The van der Waals surface area contributed by atoms with E-state index in [9.17, 15) is 4.39 Å². The van der Waals surface area contributed by atoms with Crippen LogP contribution in [0.4, 0.5) is 15.8 Å². The number of hydrogen-bond acceptors (Lipinski definition) is 1. The normalized spacial score (nSPS) is 10.3. The number of rotatable bonds is 2. The van der Waals surface area contributed by atoms with E-state index >= 15 is 0 Å². The van der Waals surface area contributed by atoms with Crippen molar-refractivity contribution >= 4 is 28.7 Å². The van der Waals surface area contributed by atoms with E-state index < -0.39 is 0 Å². The fraction of sp³-hybridized carbons (Fsp3) is 0.235. The standard InChI is InChI=1S/C17H19FN2S/c1-10-7-12(3)16(13(4)8-10)20-17(21)19-15-6-5-14(18)9-11(15)2/h5-9H,1-4H3,(H2,19,20,21). The van der Waals surface area contributed by atoms with E-state index in [0.29, 0.717) is 5.11 Å². The van der Waals surface area contributed by atoms with Crippen LogP contribution < -0.4 is 10.6 Å². The van der Waals surface area contributed by atoms with Crippen molar-refractivity contribution in [3.63, 3.8) is 0 Å². The number of aryl methyl sites for hydroxylation is 4. The lowest BCUT2D eigenvalue weighted by molar-refractivity contribution is 0.627. The summed E-state index contributed by atoms with van der Waals surface area (Å²) in [5.41, 5.74) is 6.15. The summed E-state index contributed by atoms with van der Waals surface area (Å²) in [6, 6.07) is 8.81. The van der Waals surface area contributed by atoms with Crippen molar-refractivity contribution in [1.82, 2.24) is 0 Å². The molecule has 0 aliphatic rings. The van der Waals surface area contributed by atoms with E-state index in [-0.39, 0.29) is 5.82 Å². The summed E-state index contributed by atoms with van der Waals surface area (Å²) in [4.78, 5) is 0. The van der Waals surface area contributed by atoms with E-state index in [1.807, 2.05) is 20.8 Å². The van der Waals surface area contributed by atoms with Gasteiger partial charge in [-0.25, -0.2) is 4.39 Å². The monoisotopic (exact) mass is 302 g/mol. The maximum absolute atomic E-state index is 13.1. The average molecular weight is 302 g/mol. The summed E-state index contributed by atoms with van der Waals surface area (Å²) in [5, 5.41) is 6.83. The quantitative estimate of drug-likeness (QED) is 0.774. The van der Waals surface area contributed by atoms with Crippen LogP contribution in [0, 0.1) is 33.5 Å². The third kappa shape index (κ3) is 3.79. The minimum Gasteiger partial charge on any atom is -0.332 e. The van der Waals surface area contributed by atoms with Gasteiger partial charge >= 0.3 is 0 Å². The van der Waals surface area contributed by atoms with E-state index in [2.05, 4.69) is 29.7 Å². The fourth-order valence-corrected chi connectivity index (χ4v) is 2.62. The van der Waals surface area contributed by atoms with Crippen LogP contribution in [0.15, 0.2) is 30.3 Å². The zero-order valence-electron chi connectivity index (χ0n) is 12.7. The summed E-state index contributed by atoms with van der Waals surface area (Å²) >= 11 is 5.35. The van der Waals surface area contributed by atoms with Crippen LogP contribution in [-0.2, 0) is 0 Å². The van der Waals surface area contributed by atoms with Crippen molar-refractivity contribution in [3.05, 3.63) is 58.4 Å². The first kappa shape index (κ1) is 15.4. The van der Waals surface area contributed by atoms with Gasteiger partial charge in [-0.2, -0.15) is 0 Å². The largest absolute Gasteiger partial charge is 0.332 e. The van der Waals surface area contributed by atoms with Crippen molar-refractivity contribution in [2.24, 2.45) is 0 Å². The molecule has 2 N–H and O–H groups in total. The molecule has 0 spiro atoms. The molecular formula is C17H19FN2S. The van der Waals surface area contributed by atoms with Crippen molar-refractivity contribution < 1.29 is 4.39 Å². The zero-order chi connectivity index (χ0) is 15.6. The van der Waals surface area contributed by atoms with Crippen LogP contribution in [0.2, 0.25) is 0 Å². The first-order valence-electron chi connectivity index (χ1n) is 6.79. The van der Waals surface area contributed by atoms with Crippen molar-refractivity contribution in [2.75, 3.05) is 10.6 Å². The first-order chi connectivity index (χ1) is 9.86. The summed E-state index contributed by atoms with van der Waals surface area (Å²) < 4.78 is 13.1.